The van der Waals surface area contributed by atoms with Crippen LogP contribution < -0.4 is 9.47 Å². The molecule has 2 saturated carbocycles. The standard InChI is InChI=1S/C24H34O4/c1-15-5-7-19(13-17(15)3)23(25)27-21-9-11-22(12-10-21)28-24(26)20-8-6-16(2)18(4)14-20/h9-12,15-20H,5-8,13-14H2,1-4H3. The molecule has 6 unspecified atom stereocenters. The second-order valence-corrected chi connectivity index (χ2v) is 9.24. The second-order valence-electron chi connectivity index (χ2n) is 9.24. The quantitative estimate of drug-likeness (QED) is 0.496. The Morgan fingerprint density at radius 3 is 1.32 bits per heavy atom. The SMILES string of the molecule is CC1CCC(C(=O)Oc2ccc(OC(=O)C3CCC(C)C(C)C3)cc2)CC1C. The van der Waals surface area contributed by atoms with E-state index in [2.05, 4.69) is 27.7 Å². The molecule has 0 amide bonds. The molecule has 6 atom stereocenters. The minimum atomic E-state index is -0.145. The maximum Gasteiger partial charge on any atom is 0.314 e. The zero-order valence-corrected chi connectivity index (χ0v) is 17.6. The zero-order chi connectivity index (χ0) is 20.3. The van der Waals surface area contributed by atoms with Crippen molar-refractivity contribution in [1.29, 1.82) is 0 Å². The van der Waals surface area contributed by atoms with Crippen LogP contribution in [0.2, 0.25) is 0 Å². The third-order valence-electron chi connectivity index (χ3n) is 7.12. The van der Waals surface area contributed by atoms with Crippen LogP contribution in [0.1, 0.15) is 66.2 Å². The van der Waals surface area contributed by atoms with Gasteiger partial charge in [0.25, 0.3) is 0 Å². The van der Waals surface area contributed by atoms with E-state index in [0.717, 1.165) is 38.5 Å². The predicted octanol–water partition coefficient (Wildman–Crippen LogP) is 5.64. The van der Waals surface area contributed by atoms with Crippen LogP contribution in [0.15, 0.2) is 24.3 Å². The fraction of sp³-hybridized carbons (Fsp3) is 0.667. The van der Waals surface area contributed by atoms with E-state index in [1.54, 1.807) is 24.3 Å². The molecule has 1 aromatic carbocycles. The van der Waals surface area contributed by atoms with Gasteiger partial charge < -0.3 is 9.47 Å². The number of carbonyl (C=O) groups is 2. The maximum atomic E-state index is 12.4. The third-order valence-corrected chi connectivity index (χ3v) is 7.12. The first-order chi connectivity index (χ1) is 13.3. The molecule has 0 saturated heterocycles. The van der Waals surface area contributed by atoms with Gasteiger partial charge in [-0.05, 0) is 86.5 Å². The van der Waals surface area contributed by atoms with Crippen molar-refractivity contribution < 1.29 is 19.1 Å². The molecular formula is C24H34O4. The first kappa shape index (κ1) is 20.9. The summed E-state index contributed by atoms with van der Waals surface area (Å²) >= 11 is 0. The van der Waals surface area contributed by atoms with Crippen LogP contribution in [0.5, 0.6) is 11.5 Å². The monoisotopic (exact) mass is 386 g/mol. The first-order valence-electron chi connectivity index (χ1n) is 10.9. The number of carbonyl (C=O) groups excluding carboxylic acids is 2. The van der Waals surface area contributed by atoms with Crippen LogP contribution in [-0.4, -0.2) is 11.9 Å². The van der Waals surface area contributed by atoms with E-state index >= 15 is 0 Å². The van der Waals surface area contributed by atoms with Crippen LogP contribution in [0.4, 0.5) is 0 Å². The average Bonchev–Trinajstić information content (AvgIpc) is 2.67. The van der Waals surface area contributed by atoms with E-state index in [9.17, 15) is 9.59 Å². The highest BCUT2D eigenvalue weighted by Gasteiger charge is 2.31. The molecule has 2 aliphatic carbocycles. The van der Waals surface area contributed by atoms with Crippen molar-refractivity contribution in [2.75, 3.05) is 0 Å². The molecule has 28 heavy (non-hydrogen) atoms. The number of benzene rings is 1. The van der Waals surface area contributed by atoms with E-state index < -0.39 is 0 Å². The number of rotatable bonds is 4. The van der Waals surface area contributed by atoms with Crippen LogP contribution in [0, 0.1) is 35.5 Å². The summed E-state index contributed by atoms with van der Waals surface area (Å²) in [5.41, 5.74) is 0. The molecule has 0 spiro atoms. The summed E-state index contributed by atoms with van der Waals surface area (Å²) in [6, 6.07) is 6.84. The lowest BCUT2D eigenvalue weighted by Crippen LogP contribution is -2.29. The molecule has 0 aliphatic heterocycles. The van der Waals surface area contributed by atoms with Crippen LogP contribution in [-0.2, 0) is 9.59 Å². The summed E-state index contributed by atoms with van der Waals surface area (Å²) < 4.78 is 11.1. The van der Waals surface area contributed by atoms with Crippen molar-refractivity contribution in [3.05, 3.63) is 24.3 Å². The number of esters is 2. The van der Waals surface area contributed by atoms with Gasteiger partial charge in [0.1, 0.15) is 11.5 Å². The molecular weight excluding hydrogens is 352 g/mol. The van der Waals surface area contributed by atoms with Crippen molar-refractivity contribution in [2.45, 2.75) is 66.2 Å². The minimum Gasteiger partial charge on any atom is -0.426 e. The fourth-order valence-corrected chi connectivity index (χ4v) is 4.50. The van der Waals surface area contributed by atoms with Crippen LogP contribution >= 0.6 is 0 Å². The van der Waals surface area contributed by atoms with Crippen molar-refractivity contribution >= 4 is 11.9 Å². The molecule has 154 valence electrons. The van der Waals surface area contributed by atoms with Crippen molar-refractivity contribution in [3.63, 3.8) is 0 Å². The van der Waals surface area contributed by atoms with Gasteiger partial charge in [0.15, 0.2) is 0 Å². The zero-order valence-electron chi connectivity index (χ0n) is 17.6. The minimum absolute atomic E-state index is 0.0145. The van der Waals surface area contributed by atoms with E-state index in [1.807, 2.05) is 0 Å². The molecule has 4 nitrogen and oxygen atoms in total. The van der Waals surface area contributed by atoms with Crippen LogP contribution in [0.3, 0.4) is 0 Å². The Morgan fingerprint density at radius 2 is 1.00 bits per heavy atom. The van der Waals surface area contributed by atoms with Gasteiger partial charge in [-0.25, -0.2) is 0 Å². The molecule has 2 fully saturated rings. The van der Waals surface area contributed by atoms with Crippen LogP contribution in [0.25, 0.3) is 0 Å². The highest BCUT2D eigenvalue weighted by atomic mass is 16.5. The highest BCUT2D eigenvalue weighted by molar-refractivity contribution is 5.76. The summed E-state index contributed by atoms with van der Waals surface area (Å²) in [6.07, 6.45) is 5.75. The Kier molecular flexibility index (Phi) is 6.79. The summed E-state index contributed by atoms with van der Waals surface area (Å²) in [7, 11) is 0. The molecule has 1 aromatic rings. The van der Waals surface area contributed by atoms with Crippen molar-refractivity contribution in [1.82, 2.24) is 0 Å². The van der Waals surface area contributed by atoms with E-state index in [-0.39, 0.29) is 23.8 Å². The first-order valence-corrected chi connectivity index (χ1v) is 10.9. The van der Waals surface area contributed by atoms with Gasteiger partial charge >= 0.3 is 11.9 Å². The Labute approximate surface area is 169 Å². The lowest BCUT2D eigenvalue weighted by molar-refractivity contribution is -0.142. The lowest BCUT2D eigenvalue weighted by atomic mass is 9.76. The molecule has 0 bridgehead atoms. The number of ether oxygens (including phenoxy) is 2. The van der Waals surface area contributed by atoms with Gasteiger partial charge in [-0.1, -0.05) is 27.7 Å². The molecule has 0 heterocycles. The number of hydrogen-bond acceptors (Lipinski definition) is 4. The topological polar surface area (TPSA) is 52.6 Å². The predicted molar refractivity (Wildman–Crippen MR) is 109 cm³/mol. The maximum absolute atomic E-state index is 12.4. The lowest BCUT2D eigenvalue weighted by Gasteiger charge is -2.30. The fourth-order valence-electron chi connectivity index (χ4n) is 4.50. The van der Waals surface area contributed by atoms with Crippen molar-refractivity contribution in [3.8, 4) is 11.5 Å². The summed E-state index contributed by atoms with van der Waals surface area (Å²) in [4.78, 5) is 24.9. The summed E-state index contributed by atoms with van der Waals surface area (Å²) in [5, 5.41) is 0. The van der Waals surface area contributed by atoms with E-state index in [4.69, 9.17) is 9.47 Å². The molecule has 0 radical (unpaired) electrons. The third kappa shape index (κ3) is 5.15. The molecule has 2 aliphatic rings. The normalized spacial score (nSPS) is 33.1. The van der Waals surface area contributed by atoms with Gasteiger partial charge in [-0.3, -0.25) is 9.59 Å². The average molecular weight is 387 g/mol. The molecule has 0 N–H and O–H groups in total. The molecule has 4 heteroatoms. The Hall–Kier alpha value is -1.84. The highest BCUT2D eigenvalue weighted by Crippen LogP contribution is 2.35. The Morgan fingerprint density at radius 1 is 0.643 bits per heavy atom. The molecule has 3 rings (SSSR count). The van der Waals surface area contributed by atoms with Gasteiger partial charge in [0.05, 0.1) is 11.8 Å². The number of hydrogen-bond donors (Lipinski definition) is 0. The van der Waals surface area contributed by atoms with Gasteiger partial charge in [-0.2, -0.15) is 0 Å². The van der Waals surface area contributed by atoms with Gasteiger partial charge in [-0.15, -0.1) is 0 Å². The second kappa shape index (κ2) is 9.11. The van der Waals surface area contributed by atoms with E-state index in [1.165, 1.54) is 0 Å². The van der Waals surface area contributed by atoms with Gasteiger partial charge in [0, 0.05) is 0 Å². The molecule has 0 aromatic heterocycles. The van der Waals surface area contributed by atoms with E-state index in [0.29, 0.717) is 35.2 Å². The largest absolute Gasteiger partial charge is 0.426 e. The van der Waals surface area contributed by atoms with Gasteiger partial charge in [0.2, 0.25) is 0 Å². The summed E-state index contributed by atoms with van der Waals surface area (Å²) in [5.74, 6) is 3.16. The Balaban J connectivity index is 1.51. The smallest absolute Gasteiger partial charge is 0.314 e. The Bertz CT molecular complexity index is 621. The summed E-state index contributed by atoms with van der Waals surface area (Å²) in [6.45, 7) is 8.92. The van der Waals surface area contributed by atoms with Crippen molar-refractivity contribution in [2.24, 2.45) is 35.5 Å².